The standard InChI is InChI=1S/C27H28N2O5/c1-3-34-27(33)18(2)15-23(29-25(30)24-17-22(26(31)32)13-14-28-24)16-19-9-11-21(12-10-19)20-7-5-4-6-8-20/h4-14,17-18,23H,3,15-16H2,1-2H3,(H,29,30)(H,31,32)/t18-,23+/m1/s1. The molecule has 0 radical (unpaired) electrons. The van der Waals surface area contributed by atoms with E-state index in [1.807, 2.05) is 54.6 Å². The Bertz CT molecular complexity index is 1130. The highest BCUT2D eigenvalue weighted by molar-refractivity contribution is 5.96. The molecule has 0 aliphatic carbocycles. The van der Waals surface area contributed by atoms with Crippen molar-refractivity contribution in [1.82, 2.24) is 10.3 Å². The molecule has 0 bridgehead atoms. The Hall–Kier alpha value is -4.00. The number of carboxylic acid groups (broad SMARTS) is 1. The number of aromatic nitrogens is 1. The maximum Gasteiger partial charge on any atom is 0.335 e. The molecule has 7 nitrogen and oxygen atoms in total. The van der Waals surface area contributed by atoms with Crippen molar-refractivity contribution in [2.24, 2.45) is 5.92 Å². The normalized spacial score (nSPS) is 12.4. The van der Waals surface area contributed by atoms with E-state index in [2.05, 4.69) is 10.3 Å². The Labute approximate surface area is 198 Å². The van der Waals surface area contributed by atoms with Crippen LogP contribution in [0.1, 0.15) is 46.7 Å². The molecule has 1 amide bonds. The minimum Gasteiger partial charge on any atom is -0.478 e. The second-order valence-corrected chi connectivity index (χ2v) is 8.06. The highest BCUT2D eigenvalue weighted by Gasteiger charge is 2.23. The number of nitrogens with zero attached hydrogens (tertiary/aromatic N) is 1. The summed E-state index contributed by atoms with van der Waals surface area (Å²) in [5, 5.41) is 12.1. The first kappa shape index (κ1) is 24.6. The molecule has 7 heteroatoms. The summed E-state index contributed by atoms with van der Waals surface area (Å²) in [6.45, 7) is 3.80. The van der Waals surface area contributed by atoms with Crippen LogP contribution in [0.3, 0.4) is 0 Å². The molecule has 3 aromatic rings. The third-order valence-electron chi connectivity index (χ3n) is 5.44. The van der Waals surface area contributed by atoms with E-state index in [4.69, 9.17) is 4.74 Å². The van der Waals surface area contributed by atoms with Crippen LogP contribution < -0.4 is 5.32 Å². The van der Waals surface area contributed by atoms with Crippen LogP contribution in [0.25, 0.3) is 11.1 Å². The largest absolute Gasteiger partial charge is 0.478 e. The van der Waals surface area contributed by atoms with Gasteiger partial charge in [0, 0.05) is 12.2 Å². The zero-order valence-corrected chi connectivity index (χ0v) is 19.2. The SMILES string of the molecule is CCOC(=O)[C@H](C)C[C@@H](Cc1ccc(-c2ccccc2)cc1)NC(=O)c1cc(C(=O)O)ccn1. The van der Waals surface area contributed by atoms with Gasteiger partial charge in [-0.2, -0.15) is 0 Å². The van der Waals surface area contributed by atoms with Crippen LogP contribution in [0.4, 0.5) is 0 Å². The van der Waals surface area contributed by atoms with Gasteiger partial charge in [-0.1, -0.05) is 61.5 Å². The topological polar surface area (TPSA) is 106 Å². The zero-order valence-electron chi connectivity index (χ0n) is 19.2. The smallest absolute Gasteiger partial charge is 0.335 e. The number of ether oxygens (including phenoxy) is 1. The van der Waals surface area contributed by atoms with Crippen LogP contribution in [0.2, 0.25) is 0 Å². The van der Waals surface area contributed by atoms with Gasteiger partial charge in [-0.25, -0.2) is 4.79 Å². The van der Waals surface area contributed by atoms with Gasteiger partial charge in [0.2, 0.25) is 0 Å². The molecule has 0 saturated heterocycles. The number of carbonyl (C=O) groups excluding carboxylic acids is 2. The van der Waals surface area contributed by atoms with Gasteiger partial charge in [0.1, 0.15) is 5.69 Å². The molecule has 34 heavy (non-hydrogen) atoms. The van der Waals surface area contributed by atoms with Crippen LogP contribution in [0.15, 0.2) is 72.9 Å². The van der Waals surface area contributed by atoms with E-state index >= 15 is 0 Å². The molecule has 0 aliphatic rings. The maximum atomic E-state index is 12.9. The number of rotatable bonds is 10. The van der Waals surface area contributed by atoms with E-state index in [-0.39, 0.29) is 29.9 Å². The number of carboxylic acids is 1. The van der Waals surface area contributed by atoms with Crippen LogP contribution >= 0.6 is 0 Å². The van der Waals surface area contributed by atoms with Gasteiger partial charge in [-0.05, 0) is 48.6 Å². The lowest BCUT2D eigenvalue weighted by Crippen LogP contribution is -2.39. The fourth-order valence-corrected chi connectivity index (χ4v) is 3.70. The third-order valence-corrected chi connectivity index (χ3v) is 5.44. The predicted molar refractivity (Wildman–Crippen MR) is 128 cm³/mol. The Morgan fingerprint density at radius 2 is 1.68 bits per heavy atom. The number of hydrogen-bond acceptors (Lipinski definition) is 5. The van der Waals surface area contributed by atoms with Crippen LogP contribution in [-0.4, -0.2) is 40.6 Å². The van der Waals surface area contributed by atoms with Crippen molar-refractivity contribution in [2.45, 2.75) is 32.7 Å². The van der Waals surface area contributed by atoms with Crippen molar-refractivity contribution in [3.63, 3.8) is 0 Å². The summed E-state index contributed by atoms with van der Waals surface area (Å²) in [5.41, 5.74) is 3.17. The monoisotopic (exact) mass is 460 g/mol. The number of aromatic carboxylic acids is 1. The molecule has 0 spiro atoms. The van der Waals surface area contributed by atoms with Crippen LogP contribution in [-0.2, 0) is 16.0 Å². The van der Waals surface area contributed by atoms with E-state index in [9.17, 15) is 19.5 Å². The van der Waals surface area contributed by atoms with Gasteiger partial charge in [-0.15, -0.1) is 0 Å². The molecule has 1 aromatic heterocycles. The van der Waals surface area contributed by atoms with Gasteiger partial charge in [0.05, 0.1) is 18.1 Å². The molecular formula is C27H28N2O5. The summed E-state index contributed by atoms with van der Waals surface area (Å²) in [6.07, 6.45) is 2.14. The van der Waals surface area contributed by atoms with Crippen LogP contribution in [0, 0.1) is 5.92 Å². The Morgan fingerprint density at radius 3 is 2.32 bits per heavy atom. The van der Waals surface area contributed by atoms with Crippen molar-refractivity contribution in [3.05, 3.63) is 89.7 Å². The summed E-state index contributed by atoms with van der Waals surface area (Å²) in [4.78, 5) is 40.3. The lowest BCUT2D eigenvalue weighted by atomic mass is 9.94. The Morgan fingerprint density at radius 1 is 1.00 bits per heavy atom. The van der Waals surface area contributed by atoms with Gasteiger partial charge >= 0.3 is 11.9 Å². The van der Waals surface area contributed by atoms with Gasteiger partial charge in [0.15, 0.2) is 0 Å². The molecule has 0 aliphatic heterocycles. The molecule has 0 fully saturated rings. The zero-order chi connectivity index (χ0) is 24.5. The molecule has 0 saturated carbocycles. The highest BCUT2D eigenvalue weighted by atomic mass is 16.5. The number of esters is 1. The second kappa shape index (κ2) is 11.7. The van der Waals surface area contributed by atoms with Gasteiger partial charge in [0.25, 0.3) is 5.91 Å². The van der Waals surface area contributed by atoms with E-state index in [1.54, 1.807) is 13.8 Å². The van der Waals surface area contributed by atoms with E-state index in [0.29, 0.717) is 12.8 Å². The number of benzene rings is 2. The Kier molecular flexibility index (Phi) is 8.51. The Balaban J connectivity index is 1.77. The molecule has 0 unspecified atom stereocenters. The second-order valence-electron chi connectivity index (χ2n) is 8.06. The van der Waals surface area contributed by atoms with Crippen LogP contribution in [0.5, 0.6) is 0 Å². The number of nitrogens with one attached hydrogen (secondary N) is 1. The lowest BCUT2D eigenvalue weighted by molar-refractivity contribution is -0.147. The summed E-state index contributed by atoms with van der Waals surface area (Å²) < 4.78 is 5.12. The molecule has 176 valence electrons. The first-order valence-corrected chi connectivity index (χ1v) is 11.2. The number of hydrogen-bond donors (Lipinski definition) is 2. The molecule has 2 aromatic carbocycles. The minimum atomic E-state index is -1.14. The number of carbonyl (C=O) groups is 3. The van der Waals surface area contributed by atoms with Gasteiger partial charge < -0.3 is 15.2 Å². The lowest BCUT2D eigenvalue weighted by Gasteiger charge is -2.22. The molecule has 3 rings (SSSR count). The fraction of sp³-hybridized carbons (Fsp3) is 0.259. The number of pyridine rings is 1. The van der Waals surface area contributed by atoms with E-state index in [0.717, 1.165) is 16.7 Å². The van der Waals surface area contributed by atoms with Crippen molar-refractivity contribution in [1.29, 1.82) is 0 Å². The molecule has 2 N–H and O–H groups in total. The molecule has 2 atom stereocenters. The summed E-state index contributed by atoms with van der Waals surface area (Å²) in [7, 11) is 0. The summed E-state index contributed by atoms with van der Waals surface area (Å²) in [6, 6.07) is 20.2. The average Bonchev–Trinajstić information content (AvgIpc) is 2.85. The average molecular weight is 461 g/mol. The molecular weight excluding hydrogens is 432 g/mol. The summed E-state index contributed by atoms with van der Waals surface area (Å²) in [5.74, 6) is -2.38. The first-order valence-electron chi connectivity index (χ1n) is 11.2. The van der Waals surface area contributed by atoms with Crippen molar-refractivity contribution >= 4 is 17.8 Å². The third kappa shape index (κ3) is 6.75. The number of amides is 1. The fourth-order valence-electron chi connectivity index (χ4n) is 3.70. The van der Waals surface area contributed by atoms with Crippen molar-refractivity contribution < 1.29 is 24.2 Å². The minimum absolute atomic E-state index is 0.00751. The quantitative estimate of drug-likeness (QED) is 0.435. The van der Waals surface area contributed by atoms with E-state index in [1.165, 1.54) is 18.3 Å². The van der Waals surface area contributed by atoms with E-state index < -0.39 is 17.8 Å². The summed E-state index contributed by atoms with van der Waals surface area (Å²) >= 11 is 0. The van der Waals surface area contributed by atoms with Crippen molar-refractivity contribution in [3.8, 4) is 11.1 Å². The predicted octanol–water partition coefficient (Wildman–Crippen LogP) is 4.38. The molecule has 1 heterocycles. The first-order chi connectivity index (χ1) is 16.4. The van der Waals surface area contributed by atoms with Gasteiger partial charge in [-0.3, -0.25) is 14.6 Å². The van der Waals surface area contributed by atoms with Crippen molar-refractivity contribution in [2.75, 3.05) is 6.61 Å². The maximum absolute atomic E-state index is 12.9. The highest BCUT2D eigenvalue weighted by Crippen LogP contribution is 2.21.